The van der Waals surface area contributed by atoms with Crippen LogP contribution in [-0.4, -0.2) is 10.1 Å². The van der Waals surface area contributed by atoms with Crippen LogP contribution in [0.3, 0.4) is 0 Å². The van der Waals surface area contributed by atoms with E-state index in [0.717, 1.165) is 0 Å². The maximum atomic E-state index is 8.41. The Balaban J connectivity index is 2.07. The number of nitrogens with zero attached hydrogens (tertiary/aromatic N) is 3. The Labute approximate surface area is 84.8 Å². The predicted molar refractivity (Wildman–Crippen MR) is 50.7 cm³/mol. The lowest BCUT2D eigenvalue weighted by atomic mass is 10.3. The Morgan fingerprint density at radius 2 is 2.50 bits per heavy atom. The second-order valence-electron chi connectivity index (χ2n) is 2.70. The first-order valence-electron chi connectivity index (χ1n) is 4.09. The molecule has 2 aromatic rings. The average molecular weight is 205 g/mol. The highest BCUT2D eigenvalue weighted by Crippen LogP contribution is 2.12. The number of thiophene rings is 1. The van der Waals surface area contributed by atoms with Crippen LogP contribution < -0.4 is 0 Å². The second-order valence-corrected chi connectivity index (χ2v) is 3.73. The quantitative estimate of drug-likeness (QED) is 0.766. The second kappa shape index (κ2) is 4.03. The van der Waals surface area contributed by atoms with E-state index in [1.165, 1.54) is 4.88 Å². The van der Waals surface area contributed by atoms with Crippen LogP contribution in [0.2, 0.25) is 0 Å². The van der Waals surface area contributed by atoms with Crippen molar-refractivity contribution in [1.29, 1.82) is 5.26 Å². The molecule has 2 rings (SSSR count). The van der Waals surface area contributed by atoms with E-state index in [1.807, 2.05) is 23.6 Å². The lowest BCUT2D eigenvalue weighted by Crippen LogP contribution is -1.88. The maximum Gasteiger partial charge on any atom is 0.240 e. The van der Waals surface area contributed by atoms with Crippen molar-refractivity contribution in [2.75, 3.05) is 0 Å². The number of hydrogen-bond donors (Lipinski definition) is 0. The molecule has 0 unspecified atom stereocenters. The maximum absolute atomic E-state index is 8.41. The summed E-state index contributed by atoms with van der Waals surface area (Å²) in [6.07, 6.45) is 0.851. The monoisotopic (exact) mass is 205 g/mol. The zero-order valence-corrected chi connectivity index (χ0v) is 8.12. The van der Waals surface area contributed by atoms with Gasteiger partial charge in [-0.05, 0) is 11.4 Å². The molecule has 2 aromatic heterocycles. The van der Waals surface area contributed by atoms with Gasteiger partial charge in [0.1, 0.15) is 6.42 Å². The van der Waals surface area contributed by atoms with Crippen LogP contribution in [0, 0.1) is 11.3 Å². The van der Waals surface area contributed by atoms with Crippen molar-refractivity contribution in [2.24, 2.45) is 0 Å². The van der Waals surface area contributed by atoms with Gasteiger partial charge in [-0.25, -0.2) is 0 Å². The van der Waals surface area contributed by atoms with Crippen molar-refractivity contribution in [1.82, 2.24) is 10.1 Å². The number of nitriles is 1. The van der Waals surface area contributed by atoms with Crippen LogP contribution in [0.1, 0.15) is 16.6 Å². The molecule has 0 amide bonds. The Morgan fingerprint density at radius 1 is 1.57 bits per heavy atom. The van der Waals surface area contributed by atoms with Gasteiger partial charge >= 0.3 is 0 Å². The SMILES string of the molecule is N#CCc1nc(Cc2cccs2)no1. The molecule has 0 N–H and O–H groups in total. The molecule has 4 nitrogen and oxygen atoms in total. The highest BCUT2D eigenvalue weighted by molar-refractivity contribution is 7.09. The van der Waals surface area contributed by atoms with Crippen LogP contribution in [-0.2, 0) is 12.8 Å². The molecule has 0 spiro atoms. The molecule has 0 radical (unpaired) electrons. The van der Waals surface area contributed by atoms with Crippen molar-refractivity contribution >= 4 is 11.3 Å². The van der Waals surface area contributed by atoms with E-state index in [4.69, 9.17) is 9.78 Å². The first-order chi connectivity index (χ1) is 6.88. The van der Waals surface area contributed by atoms with Crippen LogP contribution >= 0.6 is 11.3 Å². The van der Waals surface area contributed by atoms with Crippen molar-refractivity contribution in [3.63, 3.8) is 0 Å². The van der Waals surface area contributed by atoms with Gasteiger partial charge < -0.3 is 4.52 Å². The molecule has 0 aliphatic heterocycles. The van der Waals surface area contributed by atoms with Gasteiger partial charge in [-0.2, -0.15) is 10.2 Å². The summed E-state index contributed by atoms with van der Waals surface area (Å²) < 4.78 is 4.87. The summed E-state index contributed by atoms with van der Waals surface area (Å²) in [4.78, 5) is 5.27. The van der Waals surface area contributed by atoms with Crippen LogP contribution in [0.15, 0.2) is 22.0 Å². The Bertz CT molecular complexity index is 441. The number of hydrogen-bond acceptors (Lipinski definition) is 5. The molecule has 2 heterocycles. The number of aromatic nitrogens is 2. The molecule has 0 aliphatic carbocycles. The van der Waals surface area contributed by atoms with Crippen LogP contribution in [0.5, 0.6) is 0 Å². The first-order valence-corrected chi connectivity index (χ1v) is 4.97. The third-order valence-corrected chi connectivity index (χ3v) is 2.53. The van der Waals surface area contributed by atoms with E-state index >= 15 is 0 Å². The van der Waals surface area contributed by atoms with E-state index in [0.29, 0.717) is 18.1 Å². The predicted octanol–water partition coefficient (Wildman–Crippen LogP) is 1.79. The summed E-state index contributed by atoms with van der Waals surface area (Å²) >= 11 is 1.65. The van der Waals surface area contributed by atoms with Gasteiger partial charge in [0.05, 0.1) is 6.07 Å². The molecule has 0 fully saturated rings. The summed E-state index contributed by atoms with van der Waals surface area (Å²) in [5.74, 6) is 1.02. The molecule has 0 saturated carbocycles. The smallest absolute Gasteiger partial charge is 0.240 e. The molecule has 5 heteroatoms. The summed E-state index contributed by atoms with van der Waals surface area (Å²) in [7, 11) is 0. The lowest BCUT2D eigenvalue weighted by Gasteiger charge is -1.86. The highest BCUT2D eigenvalue weighted by Gasteiger charge is 2.06. The number of rotatable bonds is 3. The van der Waals surface area contributed by atoms with E-state index in [2.05, 4.69) is 10.1 Å². The van der Waals surface area contributed by atoms with Crippen LogP contribution in [0.25, 0.3) is 0 Å². The fourth-order valence-corrected chi connectivity index (χ4v) is 1.77. The Kier molecular flexibility index (Phi) is 2.56. The fraction of sp³-hybridized carbons (Fsp3) is 0.222. The molecule has 0 bridgehead atoms. The van der Waals surface area contributed by atoms with Crippen molar-refractivity contribution < 1.29 is 4.52 Å². The Hall–Kier alpha value is -1.67. The van der Waals surface area contributed by atoms with Gasteiger partial charge in [0, 0.05) is 11.3 Å². The average Bonchev–Trinajstić information content (AvgIpc) is 2.79. The highest BCUT2D eigenvalue weighted by atomic mass is 32.1. The summed E-state index contributed by atoms with van der Waals surface area (Å²) in [6, 6.07) is 5.96. The largest absolute Gasteiger partial charge is 0.338 e. The normalized spacial score (nSPS) is 9.93. The zero-order valence-electron chi connectivity index (χ0n) is 7.30. The van der Waals surface area contributed by atoms with Gasteiger partial charge in [-0.15, -0.1) is 11.3 Å². The van der Waals surface area contributed by atoms with Gasteiger partial charge in [-0.3, -0.25) is 0 Å². The minimum atomic E-state index is 0.178. The van der Waals surface area contributed by atoms with Gasteiger partial charge in [0.25, 0.3) is 0 Å². The molecular formula is C9H7N3OS. The summed E-state index contributed by atoms with van der Waals surface area (Å²) in [5.41, 5.74) is 0. The van der Waals surface area contributed by atoms with Crippen LogP contribution in [0.4, 0.5) is 0 Å². The topological polar surface area (TPSA) is 62.7 Å². The summed E-state index contributed by atoms with van der Waals surface area (Å²) in [5, 5.41) is 14.2. The van der Waals surface area contributed by atoms with Crippen molar-refractivity contribution in [2.45, 2.75) is 12.8 Å². The third kappa shape index (κ3) is 1.98. The molecule has 0 aliphatic rings. The molecule has 0 aromatic carbocycles. The lowest BCUT2D eigenvalue weighted by molar-refractivity contribution is 0.382. The first kappa shape index (κ1) is 8.91. The van der Waals surface area contributed by atoms with E-state index in [9.17, 15) is 0 Å². The van der Waals surface area contributed by atoms with E-state index < -0.39 is 0 Å². The summed E-state index contributed by atoms with van der Waals surface area (Å²) in [6.45, 7) is 0. The Morgan fingerprint density at radius 3 is 3.21 bits per heavy atom. The standard InChI is InChI=1S/C9H7N3OS/c10-4-3-9-11-8(12-13-9)6-7-2-1-5-14-7/h1-2,5H,3,6H2. The minimum Gasteiger partial charge on any atom is -0.338 e. The molecule has 0 atom stereocenters. The molecule has 70 valence electrons. The van der Waals surface area contributed by atoms with Gasteiger partial charge in [0.2, 0.25) is 5.89 Å². The molecule has 0 saturated heterocycles. The van der Waals surface area contributed by atoms with Gasteiger partial charge in [0.15, 0.2) is 5.82 Å². The fourth-order valence-electron chi connectivity index (χ4n) is 1.07. The van der Waals surface area contributed by atoms with Crippen molar-refractivity contribution in [3.05, 3.63) is 34.1 Å². The zero-order chi connectivity index (χ0) is 9.80. The van der Waals surface area contributed by atoms with E-state index in [-0.39, 0.29) is 6.42 Å². The molecular weight excluding hydrogens is 198 g/mol. The third-order valence-electron chi connectivity index (χ3n) is 1.65. The van der Waals surface area contributed by atoms with Gasteiger partial charge in [-0.1, -0.05) is 11.2 Å². The minimum absolute atomic E-state index is 0.178. The molecule has 14 heavy (non-hydrogen) atoms. The van der Waals surface area contributed by atoms with E-state index in [1.54, 1.807) is 11.3 Å². The van der Waals surface area contributed by atoms with Crippen molar-refractivity contribution in [3.8, 4) is 6.07 Å².